The van der Waals surface area contributed by atoms with Crippen molar-refractivity contribution in [2.24, 2.45) is 0 Å². The van der Waals surface area contributed by atoms with Gasteiger partial charge in [-0.3, -0.25) is 4.79 Å². The van der Waals surface area contributed by atoms with Gasteiger partial charge < -0.3 is 5.32 Å². The molecule has 0 saturated carbocycles. The van der Waals surface area contributed by atoms with E-state index in [1.54, 1.807) is 4.68 Å². The number of benzene rings is 2. The number of aryl methyl sites for hydroxylation is 1. The van der Waals surface area contributed by atoms with Gasteiger partial charge in [0.1, 0.15) is 5.69 Å². The van der Waals surface area contributed by atoms with Gasteiger partial charge in [0.25, 0.3) is 5.91 Å². The number of rotatable bonds is 5. The summed E-state index contributed by atoms with van der Waals surface area (Å²) >= 11 is 0. The van der Waals surface area contributed by atoms with Crippen molar-refractivity contribution in [3.05, 3.63) is 83.7 Å². The van der Waals surface area contributed by atoms with Crippen LogP contribution in [0.25, 0.3) is 5.69 Å². The molecule has 0 aliphatic heterocycles. The van der Waals surface area contributed by atoms with Gasteiger partial charge in [-0.05, 0) is 37.1 Å². The molecule has 1 amide bonds. The van der Waals surface area contributed by atoms with E-state index in [0.29, 0.717) is 12.2 Å². The van der Waals surface area contributed by atoms with Crippen molar-refractivity contribution in [1.82, 2.24) is 15.1 Å². The Hall–Kier alpha value is -2.88. The van der Waals surface area contributed by atoms with E-state index in [1.165, 1.54) is 5.56 Å². The molecule has 1 heterocycles. The molecule has 1 N–H and O–H groups in total. The van der Waals surface area contributed by atoms with Crippen molar-refractivity contribution in [2.75, 3.05) is 6.54 Å². The Morgan fingerprint density at radius 2 is 1.70 bits per heavy atom. The molecule has 0 saturated heterocycles. The largest absolute Gasteiger partial charge is 0.350 e. The molecule has 0 atom stereocenters. The first-order chi connectivity index (χ1) is 11.2. The second-order valence-electron chi connectivity index (χ2n) is 5.41. The third kappa shape index (κ3) is 3.66. The molecule has 3 aromatic rings. The van der Waals surface area contributed by atoms with Gasteiger partial charge in [0, 0.05) is 6.54 Å². The Balaban J connectivity index is 1.70. The summed E-state index contributed by atoms with van der Waals surface area (Å²) in [6.07, 6.45) is 0.811. The Labute approximate surface area is 135 Å². The highest BCUT2D eigenvalue weighted by atomic mass is 16.2. The highest BCUT2D eigenvalue weighted by Gasteiger charge is 2.14. The number of nitrogens with one attached hydrogen (secondary N) is 1. The molecule has 0 unspecified atom stereocenters. The van der Waals surface area contributed by atoms with Crippen LogP contribution in [0.15, 0.2) is 66.7 Å². The van der Waals surface area contributed by atoms with E-state index in [0.717, 1.165) is 17.8 Å². The molecule has 23 heavy (non-hydrogen) atoms. The lowest BCUT2D eigenvalue weighted by atomic mass is 10.1. The summed E-state index contributed by atoms with van der Waals surface area (Å²) in [4.78, 5) is 12.5. The second kappa shape index (κ2) is 6.92. The van der Waals surface area contributed by atoms with Crippen LogP contribution < -0.4 is 5.32 Å². The molecule has 116 valence electrons. The van der Waals surface area contributed by atoms with Gasteiger partial charge in [-0.1, -0.05) is 48.5 Å². The zero-order valence-electron chi connectivity index (χ0n) is 13.1. The number of aromatic nitrogens is 2. The van der Waals surface area contributed by atoms with Gasteiger partial charge >= 0.3 is 0 Å². The van der Waals surface area contributed by atoms with Gasteiger partial charge in [-0.2, -0.15) is 5.10 Å². The Morgan fingerprint density at radius 3 is 2.39 bits per heavy atom. The molecular weight excluding hydrogens is 286 g/mol. The Morgan fingerprint density at radius 1 is 1.04 bits per heavy atom. The summed E-state index contributed by atoms with van der Waals surface area (Å²) in [5.41, 5.74) is 3.47. The van der Waals surface area contributed by atoms with Crippen molar-refractivity contribution in [1.29, 1.82) is 0 Å². The first kappa shape index (κ1) is 15.0. The summed E-state index contributed by atoms with van der Waals surface area (Å²) < 4.78 is 1.69. The Bertz CT molecular complexity index is 779. The topological polar surface area (TPSA) is 46.9 Å². The van der Waals surface area contributed by atoms with Crippen molar-refractivity contribution in [3.8, 4) is 5.69 Å². The predicted molar refractivity (Wildman–Crippen MR) is 90.8 cm³/mol. The fraction of sp³-hybridized carbons (Fsp3) is 0.158. The number of nitrogens with zero attached hydrogens (tertiary/aromatic N) is 2. The average Bonchev–Trinajstić information content (AvgIpc) is 2.98. The molecule has 0 bridgehead atoms. The van der Waals surface area contributed by atoms with Crippen LogP contribution in [-0.4, -0.2) is 22.2 Å². The normalized spacial score (nSPS) is 10.5. The highest BCUT2D eigenvalue weighted by molar-refractivity contribution is 5.93. The zero-order valence-corrected chi connectivity index (χ0v) is 13.1. The van der Waals surface area contributed by atoms with Crippen LogP contribution in [-0.2, 0) is 6.42 Å². The minimum Gasteiger partial charge on any atom is -0.350 e. The van der Waals surface area contributed by atoms with E-state index >= 15 is 0 Å². The van der Waals surface area contributed by atoms with Crippen LogP contribution in [0.1, 0.15) is 21.7 Å². The lowest BCUT2D eigenvalue weighted by molar-refractivity contribution is 0.0946. The van der Waals surface area contributed by atoms with Crippen LogP contribution in [0.2, 0.25) is 0 Å². The van der Waals surface area contributed by atoms with E-state index in [4.69, 9.17) is 0 Å². The van der Waals surface area contributed by atoms with Crippen LogP contribution >= 0.6 is 0 Å². The molecule has 0 aliphatic rings. The van der Waals surface area contributed by atoms with E-state index in [-0.39, 0.29) is 5.91 Å². The van der Waals surface area contributed by atoms with E-state index in [9.17, 15) is 4.79 Å². The third-order valence-corrected chi connectivity index (χ3v) is 3.61. The van der Waals surface area contributed by atoms with E-state index < -0.39 is 0 Å². The van der Waals surface area contributed by atoms with Crippen molar-refractivity contribution in [2.45, 2.75) is 13.3 Å². The van der Waals surface area contributed by atoms with E-state index in [1.807, 2.05) is 61.5 Å². The van der Waals surface area contributed by atoms with Gasteiger partial charge in [0.15, 0.2) is 0 Å². The van der Waals surface area contributed by atoms with Crippen molar-refractivity contribution >= 4 is 5.91 Å². The number of carbonyl (C=O) groups is 1. The molecule has 2 aromatic carbocycles. The molecule has 0 radical (unpaired) electrons. The van der Waals surface area contributed by atoms with Gasteiger partial charge in [-0.25, -0.2) is 4.68 Å². The minimum absolute atomic E-state index is 0.106. The SMILES string of the molecule is Cc1cc(C(=O)NCCc2ccccc2)n(-c2ccccc2)n1. The maximum Gasteiger partial charge on any atom is 0.270 e. The zero-order chi connectivity index (χ0) is 16.1. The summed E-state index contributed by atoms with van der Waals surface area (Å²) in [6, 6.07) is 21.6. The maximum absolute atomic E-state index is 12.5. The molecule has 0 fully saturated rings. The summed E-state index contributed by atoms with van der Waals surface area (Å²) in [7, 11) is 0. The van der Waals surface area contributed by atoms with E-state index in [2.05, 4.69) is 22.5 Å². The predicted octanol–water partition coefficient (Wildman–Crippen LogP) is 3.15. The molecule has 3 rings (SSSR count). The monoisotopic (exact) mass is 305 g/mol. The van der Waals surface area contributed by atoms with Crippen molar-refractivity contribution in [3.63, 3.8) is 0 Å². The van der Waals surface area contributed by atoms with Gasteiger partial charge in [-0.15, -0.1) is 0 Å². The maximum atomic E-state index is 12.5. The quantitative estimate of drug-likeness (QED) is 0.787. The van der Waals surface area contributed by atoms with Crippen LogP contribution in [0.5, 0.6) is 0 Å². The lowest BCUT2D eigenvalue weighted by Gasteiger charge is -2.08. The number of hydrogen-bond acceptors (Lipinski definition) is 2. The second-order valence-corrected chi connectivity index (χ2v) is 5.41. The highest BCUT2D eigenvalue weighted by Crippen LogP contribution is 2.12. The molecule has 4 heteroatoms. The smallest absolute Gasteiger partial charge is 0.270 e. The number of hydrogen-bond donors (Lipinski definition) is 1. The van der Waals surface area contributed by atoms with Crippen LogP contribution in [0.3, 0.4) is 0 Å². The Kier molecular flexibility index (Phi) is 4.52. The molecular formula is C19H19N3O. The third-order valence-electron chi connectivity index (χ3n) is 3.61. The first-order valence-corrected chi connectivity index (χ1v) is 7.68. The minimum atomic E-state index is -0.106. The van der Waals surface area contributed by atoms with Gasteiger partial charge in [0.2, 0.25) is 0 Å². The van der Waals surface area contributed by atoms with Gasteiger partial charge in [0.05, 0.1) is 11.4 Å². The summed E-state index contributed by atoms with van der Waals surface area (Å²) in [5, 5.41) is 7.40. The molecule has 1 aromatic heterocycles. The number of para-hydroxylation sites is 1. The van der Waals surface area contributed by atoms with Crippen molar-refractivity contribution < 1.29 is 4.79 Å². The van der Waals surface area contributed by atoms with Crippen LogP contribution in [0.4, 0.5) is 0 Å². The standard InChI is InChI=1S/C19H19N3O/c1-15-14-18(22(21-15)17-10-6-3-7-11-17)19(23)20-13-12-16-8-4-2-5-9-16/h2-11,14H,12-13H2,1H3,(H,20,23). The molecule has 0 aliphatic carbocycles. The first-order valence-electron chi connectivity index (χ1n) is 7.68. The summed E-state index contributed by atoms with van der Waals surface area (Å²) in [5.74, 6) is -0.106. The van der Waals surface area contributed by atoms with Crippen LogP contribution in [0, 0.1) is 6.92 Å². The summed E-state index contributed by atoms with van der Waals surface area (Å²) in [6.45, 7) is 2.49. The molecule has 0 spiro atoms. The number of carbonyl (C=O) groups excluding carboxylic acids is 1. The average molecular weight is 305 g/mol. The fourth-order valence-corrected chi connectivity index (χ4v) is 2.48. The fourth-order valence-electron chi connectivity index (χ4n) is 2.48. The number of amides is 1. The molecule has 4 nitrogen and oxygen atoms in total. The lowest BCUT2D eigenvalue weighted by Crippen LogP contribution is -2.27.